The van der Waals surface area contributed by atoms with Crippen LogP contribution in [0.5, 0.6) is 0 Å². The lowest BCUT2D eigenvalue weighted by atomic mass is 9.87. The molecule has 13 nitrogen and oxygen atoms in total. The number of carbonyl (C=O) groups excluding carboxylic acids is 4. The Morgan fingerprint density at radius 3 is 1.44 bits per heavy atom. The van der Waals surface area contributed by atoms with Gasteiger partial charge in [0.2, 0.25) is 0 Å². The smallest absolute Gasteiger partial charge is 0.424 e. The third-order valence-electron chi connectivity index (χ3n) is 8.60. The summed E-state index contributed by atoms with van der Waals surface area (Å²) in [6.45, 7) is 0. The Balaban J connectivity index is 1.18. The number of ether oxygens (including phenoxy) is 4. The SMILES string of the molecule is O=C1OC2(OC(=O)C(F)(F)S(=O)(=O)[N-]S(=O)(=O)C(F)(F)C(=O)OC34CC5CC(C(=O)O3)C4C5)CC3CC1C2C3. The highest BCUT2D eigenvalue weighted by atomic mass is 32.3. The number of halogens is 4. The highest BCUT2D eigenvalue weighted by Crippen LogP contribution is 2.62. The van der Waals surface area contributed by atoms with Crippen LogP contribution in [0.25, 0.3) is 4.13 Å². The van der Waals surface area contributed by atoms with Crippen LogP contribution in [0.2, 0.25) is 0 Å². The summed E-state index contributed by atoms with van der Waals surface area (Å²) < 4.78 is 128. The largest absolute Gasteiger partial charge is 0.425 e. The van der Waals surface area contributed by atoms with Gasteiger partial charge in [-0.1, -0.05) is 0 Å². The molecule has 8 atom stereocenters. The van der Waals surface area contributed by atoms with Crippen molar-refractivity contribution in [2.24, 2.45) is 35.5 Å². The molecule has 0 aromatic rings. The molecule has 6 rings (SSSR count). The van der Waals surface area contributed by atoms with Crippen LogP contribution in [0.4, 0.5) is 17.6 Å². The van der Waals surface area contributed by atoms with Crippen molar-refractivity contribution in [1.82, 2.24) is 0 Å². The van der Waals surface area contributed by atoms with Gasteiger partial charge in [-0.25, -0.2) is 26.4 Å². The van der Waals surface area contributed by atoms with Crippen LogP contribution in [0.1, 0.15) is 38.5 Å². The maximum Gasteiger partial charge on any atom is 0.424 e. The van der Waals surface area contributed by atoms with E-state index in [-0.39, 0.29) is 37.5 Å². The quantitative estimate of drug-likeness (QED) is 0.282. The van der Waals surface area contributed by atoms with Gasteiger partial charge in [0.25, 0.3) is 11.6 Å². The number of rotatable bonds is 8. The molecule has 2 saturated heterocycles. The normalized spacial score (nSPS) is 40.1. The Morgan fingerprint density at radius 2 is 1.10 bits per heavy atom. The van der Waals surface area contributed by atoms with E-state index in [4.69, 9.17) is 9.47 Å². The van der Waals surface area contributed by atoms with Gasteiger partial charge in [-0.3, -0.25) is 9.59 Å². The Labute approximate surface area is 216 Å². The first-order valence-electron chi connectivity index (χ1n) is 11.8. The summed E-state index contributed by atoms with van der Waals surface area (Å²) in [6, 6.07) is 0. The topological polar surface area (TPSA) is 188 Å². The molecule has 0 aromatic carbocycles. The number of hydrogen-bond acceptors (Lipinski definition) is 12. The van der Waals surface area contributed by atoms with Gasteiger partial charge in [0.05, 0.1) is 23.7 Å². The van der Waals surface area contributed by atoms with Crippen LogP contribution in [0.15, 0.2) is 0 Å². The van der Waals surface area contributed by atoms with Crippen molar-refractivity contribution >= 4 is 43.9 Å². The lowest BCUT2D eigenvalue weighted by Gasteiger charge is -2.34. The van der Waals surface area contributed by atoms with Crippen LogP contribution >= 0.6 is 0 Å². The van der Waals surface area contributed by atoms with Gasteiger partial charge in [0.15, 0.2) is 20.0 Å². The maximum atomic E-state index is 14.6. The molecule has 0 aromatic heterocycles. The molecule has 4 bridgehead atoms. The van der Waals surface area contributed by atoms with E-state index >= 15 is 0 Å². The van der Waals surface area contributed by atoms with E-state index in [1.165, 1.54) is 0 Å². The average Bonchev–Trinajstić information content (AvgIpc) is 3.58. The number of fused-ring (bicyclic) bond motifs is 2. The Bertz CT molecular complexity index is 1330. The van der Waals surface area contributed by atoms with Crippen LogP contribution in [-0.2, 0) is 58.2 Å². The van der Waals surface area contributed by atoms with Crippen molar-refractivity contribution in [3.63, 3.8) is 0 Å². The first-order valence-corrected chi connectivity index (χ1v) is 14.6. The zero-order valence-electron chi connectivity index (χ0n) is 19.4. The summed E-state index contributed by atoms with van der Waals surface area (Å²) in [6.07, 6.45) is 0.784. The molecule has 0 N–H and O–H groups in total. The Kier molecular flexibility index (Phi) is 5.19. The van der Waals surface area contributed by atoms with E-state index in [0.717, 1.165) is 0 Å². The molecule has 4 aliphatic carbocycles. The van der Waals surface area contributed by atoms with Crippen molar-refractivity contribution in [2.45, 2.75) is 60.6 Å². The average molecular weight is 604 g/mol. The lowest BCUT2D eigenvalue weighted by molar-refractivity contribution is -0.233. The minimum absolute atomic E-state index is 0.212. The molecule has 6 fully saturated rings. The van der Waals surface area contributed by atoms with Crippen molar-refractivity contribution in [3.8, 4) is 0 Å². The highest BCUT2D eigenvalue weighted by Gasteiger charge is 2.71. The van der Waals surface area contributed by atoms with Crippen LogP contribution in [0, 0.1) is 35.5 Å². The number of esters is 4. The van der Waals surface area contributed by atoms with Crippen LogP contribution in [-0.4, -0.2) is 62.8 Å². The number of carbonyl (C=O) groups is 4. The summed E-state index contributed by atoms with van der Waals surface area (Å²) in [7, 11) is -13.9. The molecule has 39 heavy (non-hydrogen) atoms. The number of sulfonamides is 2. The maximum absolute atomic E-state index is 14.6. The molecule has 216 valence electrons. The molecule has 2 aliphatic heterocycles. The fourth-order valence-electron chi connectivity index (χ4n) is 7.09. The summed E-state index contributed by atoms with van der Waals surface area (Å²) in [4.78, 5) is 48.3. The number of hydrogen-bond donors (Lipinski definition) is 0. The molecule has 0 amide bonds. The van der Waals surface area contributed by atoms with E-state index in [1.807, 2.05) is 0 Å². The van der Waals surface area contributed by atoms with E-state index < -0.39 is 89.7 Å². The summed E-state index contributed by atoms with van der Waals surface area (Å²) in [5.41, 5.74) is 0. The van der Waals surface area contributed by atoms with Crippen LogP contribution in [0.3, 0.4) is 0 Å². The predicted octanol–water partition coefficient (Wildman–Crippen LogP) is 0.890. The van der Waals surface area contributed by atoms with Gasteiger partial charge in [0.1, 0.15) is 0 Å². The van der Waals surface area contributed by atoms with Gasteiger partial charge in [-0.05, 0) is 37.5 Å². The van der Waals surface area contributed by atoms with Gasteiger partial charge in [0, 0.05) is 12.8 Å². The molecule has 4 saturated carbocycles. The summed E-state index contributed by atoms with van der Waals surface area (Å²) >= 11 is 0. The van der Waals surface area contributed by atoms with E-state index in [0.29, 0.717) is 12.8 Å². The first-order chi connectivity index (χ1) is 17.8. The number of alkyl halides is 4. The lowest BCUT2D eigenvalue weighted by Crippen LogP contribution is -2.49. The molecule has 0 radical (unpaired) electrons. The van der Waals surface area contributed by atoms with E-state index in [9.17, 15) is 53.6 Å². The summed E-state index contributed by atoms with van der Waals surface area (Å²) in [5.74, 6) is -15.6. The Hall–Kier alpha value is -2.54. The third kappa shape index (κ3) is 3.44. The Morgan fingerprint density at radius 1 is 0.744 bits per heavy atom. The molecule has 19 heteroatoms. The fourth-order valence-corrected chi connectivity index (χ4v) is 9.38. The van der Waals surface area contributed by atoms with Gasteiger partial charge in [-0.15, -0.1) is 0 Å². The highest BCUT2D eigenvalue weighted by molar-refractivity contribution is 8.13. The minimum atomic E-state index is -6.96. The second kappa shape index (κ2) is 7.59. The van der Waals surface area contributed by atoms with Gasteiger partial charge in [-0.2, -0.15) is 17.6 Å². The first kappa shape index (κ1) is 26.7. The van der Waals surface area contributed by atoms with Crippen molar-refractivity contribution in [3.05, 3.63) is 4.13 Å². The minimum Gasteiger partial charge on any atom is -0.425 e. The second-order valence-corrected chi connectivity index (χ2v) is 14.3. The van der Waals surface area contributed by atoms with Crippen LogP contribution < -0.4 is 0 Å². The van der Waals surface area contributed by atoms with E-state index in [2.05, 4.69) is 9.47 Å². The molecule has 6 aliphatic rings. The van der Waals surface area contributed by atoms with Gasteiger partial charge < -0.3 is 23.1 Å². The molecule has 2 heterocycles. The van der Waals surface area contributed by atoms with Crippen molar-refractivity contribution in [1.29, 1.82) is 0 Å². The predicted molar refractivity (Wildman–Crippen MR) is 110 cm³/mol. The molecular formula is C20H18F4NO12S2-. The summed E-state index contributed by atoms with van der Waals surface area (Å²) in [5, 5.41) is -11.7. The van der Waals surface area contributed by atoms with Crippen molar-refractivity contribution < 1.29 is 72.5 Å². The standard InChI is InChI=1S/C20H18F4NO12S2/c21-19(22,15(28)36-17-5-7-1-9(11(17)3-7)13(26)34-17)38(30,31)25-39(32,33)20(23,24)16(29)37-18-6-8-2-10(12(18)4-8)14(27)35-18/h7-12H,1-6H2/q-1. The molecule has 0 spiro atoms. The number of nitrogens with zero attached hydrogens (tertiary/aromatic N) is 1. The molecule has 8 unspecified atom stereocenters. The monoisotopic (exact) mass is 604 g/mol. The third-order valence-corrected chi connectivity index (χ3v) is 11.8. The molecular weight excluding hydrogens is 586 g/mol. The van der Waals surface area contributed by atoms with E-state index in [1.54, 1.807) is 4.13 Å². The van der Waals surface area contributed by atoms with Gasteiger partial charge >= 0.3 is 34.4 Å². The van der Waals surface area contributed by atoms with Crippen molar-refractivity contribution in [2.75, 3.05) is 0 Å². The fraction of sp³-hybridized carbons (Fsp3) is 0.800. The second-order valence-electron chi connectivity index (χ2n) is 10.8. The zero-order chi connectivity index (χ0) is 28.6. The zero-order valence-corrected chi connectivity index (χ0v) is 21.0.